The van der Waals surface area contributed by atoms with Crippen molar-refractivity contribution in [3.05, 3.63) is 59.2 Å². The molecule has 0 spiro atoms. The Morgan fingerprint density at radius 2 is 1.60 bits per heavy atom. The minimum absolute atomic E-state index is 0.316. The average molecular weight is 445 g/mol. The minimum Gasteiger partial charge on any atom is -0.299 e. The predicted molar refractivity (Wildman–Crippen MR) is 121 cm³/mol. The summed E-state index contributed by atoms with van der Waals surface area (Å²) >= 11 is 1.24. The summed E-state index contributed by atoms with van der Waals surface area (Å²) < 4.78 is 26.1. The number of anilines is 2. The van der Waals surface area contributed by atoms with Crippen LogP contribution >= 0.6 is 11.3 Å². The van der Waals surface area contributed by atoms with E-state index >= 15 is 0 Å². The highest BCUT2D eigenvalue weighted by atomic mass is 32.2. The highest BCUT2D eigenvalue weighted by molar-refractivity contribution is 7.92. The number of hydrogen-bond acceptors (Lipinski definition) is 6. The predicted octanol–water partition coefficient (Wildman–Crippen LogP) is 3.92. The van der Waals surface area contributed by atoms with E-state index in [1.807, 2.05) is 51.1 Å². The van der Waals surface area contributed by atoms with Crippen LogP contribution in [0.3, 0.4) is 0 Å². The van der Waals surface area contributed by atoms with Crippen LogP contribution in [0.25, 0.3) is 10.6 Å². The summed E-state index contributed by atoms with van der Waals surface area (Å²) in [5, 5.41) is 11.8. The number of sulfonamides is 1. The number of aromatic nitrogens is 2. The Hall–Kier alpha value is -2.78. The maximum atomic E-state index is 12.9. The van der Waals surface area contributed by atoms with E-state index in [0.29, 0.717) is 15.8 Å². The van der Waals surface area contributed by atoms with E-state index in [0.717, 1.165) is 32.8 Å². The van der Waals surface area contributed by atoms with Crippen molar-refractivity contribution >= 4 is 38.1 Å². The number of carbonyl (C=O) groups is 1. The first-order valence-corrected chi connectivity index (χ1v) is 12.0. The summed E-state index contributed by atoms with van der Waals surface area (Å²) in [6.07, 6.45) is 1.09. The lowest BCUT2D eigenvalue weighted by Crippen LogP contribution is -2.45. The third-order valence-corrected chi connectivity index (χ3v) is 6.63. The highest BCUT2D eigenvalue weighted by Crippen LogP contribution is 2.28. The largest absolute Gasteiger partial charge is 0.299 e. The fourth-order valence-electron chi connectivity index (χ4n) is 3.18. The number of hydrogen-bond donors (Lipinski definition) is 1. The molecule has 3 aromatic rings. The topological polar surface area (TPSA) is 92.3 Å². The zero-order valence-electron chi connectivity index (χ0n) is 17.5. The molecule has 0 aliphatic carbocycles. The molecule has 2 aromatic carbocycles. The maximum absolute atomic E-state index is 12.9. The molecule has 1 heterocycles. The van der Waals surface area contributed by atoms with Crippen LogP contribution in [0.15, 0.2) is 42.5 Å². The van der Waals surface area contributed by atoms with Gasteiger partial charge in [0.2, 0.25) is 21.1 Å². The maximum Gasteiger partial charge on any atom is 0.249 e. The zero-order chi connectivity index (χ0) is 22.1. The Labute approximate surface area is 180 Å². The summed E-state index contributed by atoms with van der Waals surface area (Å²) in [7, 11) is -3.69. The first-order chi connectivity index (χ1) is 14.0. The molecule has 1 amide bonds. The van der Waals surface area contributed by atoms with Crippen LogP contribution in [0.4, 0.5) is 10.8 Å². The van der Waals surface area contributed by atoms with Crippen LogP contribution < -0.4 is 9.62 Å². The van der Waals surface area contributed by atoms with Gasteiger partial charge in [-0.3, -0.25) is 14.4 Å². The van der Waals surface area contributed by atoms with Gasteiger partial charge in [0.1, 0.15) is 11.0 Å². The molecule has 9 heteroatoms. The van der Waals surface area contributed by atoms with Gasteiger partial charge in [-0.05, 0) is 51.0 Å². The van der Waals surface area contributed by atoms with Gasteiger partial charge in [-0.1, -0.05) is 47.2 Å². The van der Waals surface area contributed by atoms with Crippen LogP contribution in [0.1, 0.15) is 23.6 Å². The number of nitrogens with zero attached hydrogens (tertiary/aromatic N) is 3. The number of nitrogens with one attached hydrogen (secondary N) is 1. The quantitative estimate of drug-likeness (QED) is 0.622. The standard InChI is InChI=1S/C21H24N4O3S2/c1-13-6-8-17(9-7-13)20-23-24-21(29-20)22-19(26)16(4)25(30(5,27)28)18-11-14(2)10-15(3)12-18/h6-12,16H,1-5H3,(H,22,24,26)/t16-/m1/s1. The molecule has 1 atom stereocenters. The smallest absolute Gasteiger partial charge is 0.249 e. The molecule has 1 aromatic heterocycles. The van der Waals surface area contributed by atoms with E-state index < -0.39 is 22.0 Å². The van der Waals surface area contributed by atoms with Crippen molar-refractivity contribution in [1.29, 1.82) is 0 Å². The van der Waals surface area contributed by atoms with Gasteiger partial charge in [-0.15, -0.1) is 10.2 Å². The molecule has 0 fully saturated rings. The molecule has 0 saturated heterocycles. The van der Waals surface area contributed by atoms with Crippen LogP contribution in [0.2, 0.25) is 0 Å². The third kappa shape index (κ3) is 5.03. The third-order valence-electron chi connectivity index (χ3n) is 4.50. The Morgan fingerprint density at radius 3 is 2.17 bits per heavy atom. The lowest BCUT2D eigenvalue weighted by molar-refractivity contribution is -0.116. The van der Waals surface area contributed by atoms with Gasteiger partial charge in [0.05, 0.1) is 11.9 Å². The number of benzene rings is 2. The molecule has 0 unspecified atom stereocenters. The Bertz CT molecular complexity index is 1150. The molecule has 1 N–H and O–H groups in total. The number of rotatable bonds is 6. The van der Waals surface area contributed by atoms with Crippen LogP contribution in [0.5, 0.6) is 0 Å². The number of carbonyl (C=O) groups excluding carboxylic acids is 1. The first-order valence-electron chi connectivity index (χ1n) is 9.33. The summed E-state index contributed by atoms with van der Waals surface area (Å²) in [5.74, 6) is -0.480. The SMILES string of the molecule is Cc1ccc(-c2nnc(NC(=O)[C@@H](C)N(c3cc(C)cc(C)c3)S(C)(=O)=O)s2)cc1. The van der Waals surface area contributed by atoms with E-state index in [-0.39, 0.29) is 0 Å². The fourth-order valence-corrected chi connectivity index (χ4v) is 5.09. The van der Waals surface area contributed by atoms with Crippen LogP contribution in [-0.4, -0.2) is 36.8 Å². The van der Waals surface area contributed by atoms with Gasteiger partial charge in [0.25, 0.3) is 0 Å². The molecule has 0 saturated carbocycles. The summed E-state index contributed by atoms with van der Waals surface area (Å²) in [6, 6.07) is 12.3. The molecule has 0 aliphatic heterocycles. The molecule has 0 radical (unpaired) electrons. The Balaban J connectivity index is 1.83. The summed E-state index contributed by atoms with van der Waals surface area (Å²) in [4.78, 5) is 12.9. The second-order valence-corrected chi connectivity index (χ2v) is 10.2. The zero-order valence-corrected chi connectivity index (χ0v) is 19.1. The molecular formula is C21H24N4O3S2. The van der Waals surface area contributed by atoms with Crippen molar-refractivity contribution in [2.75, 3.05) is 15.9 Å². The summed E-state index contributed by atoms with van der Waals surface area (Å²) in [5.41, 5.74) is 4.32. The lowest BCUT2D eigenvalue weighted by atomic mass is 10.1. The van der Waals surface area contributed by atoms with Crippen molar-refractivity contribution < 1.29 is 13.2 Å². The van der Waals surface area contributed by atoms with Crippen LogP contribution in [0, 0.1) is 20.8 Å². The van der Waals surface area contributed by atoms with Gasteiger partial charge < -0.3 is 0 Å². The molecule has 30 heavy (non-hydrogen) atoms. The van der Waals surface area contributed by atoms with E-state index in [4.69, 9.17) is 0 Å². The van der Waals surface area contributed by atoms with Gasteiger partial charge in [0, 0.05) is 5.56 Å². The van der Waals surface area contributed by atoms with Crippen molar-refractivity contribution in [2.24, 2.45) is 0 Å². The van der Waals surface area contributed by atoms with Crippen LogP contribution in [-0.2, 0) is 14.8 Å². The van der Waals surface area contributed by atoms with Gasteiger partial charge in [-0.25, -0.2) is 8.42 Å². The Kier molecular flexibility index (Phi) is 6.23. The van der Waals surface area contributed by atoms with Gasteiger partial charge in [-0.2, -0.15) is 0 Å². The van der Waals surface area contributed by atoms with Gasteiger partial charge in [0.15, 0.2) is 0 Å². The van der Waals surface area contributed by atoms with E-state index in [1.165, 1.54) is 11.3 Å². The van der Waals surface area contributed by atoms with Crippen molar-refractivity contribution in [3.63, 3.8) is 0 Å². The second kappa shape index (κ2) is 8.53. The molecule has 7 nitrogen and oxygen atoms in total. The normalized spacial score (nSPS) is 12.4. The van der Waals surface area contributed by atoms with Gasteiger partial charge >= 0.3 is 0 Å². The van der Waals surface area contributed by atoms with E-state index in [2.05, 4.69) is 15.5 Å². The monoisotopic (exact) mass is 444 g/mol. The van der Waals surface area contributed by atoms with Crippen molar-refractivity contribution in [2.45, 2.75) is 33.7 Å². The Morgan fingerprint density at radius 1 is 1.00 bits per heavy atom. The molecule has 3 rings (SSSR count). The van der Waals surface area contributed by atoms with Crippen molar-refractivity contribution in [3.8, 4) is 10.6 Å². The molecular weight excluding hydrogens is 420 g/mol. The lowest BCUT2D eigenvalue weighted by Gasteiger charge is -2.28. The minimum atomic E-state index is -3.69. The second-order valence-electron chi connectivity index (χ2n) is 7.35. The molecule has 0 bridgehead atoms. The number of amides is 1. The van der Waals surface area contributed by atoms with E-state index in [9.17, 15) is 13.2 Å². The molecule has 0 aliphatic rings. The first kappa shape index (κ1) is 21.9. The average Bonchev–Trinajstić information content (AvgIpc) is 3.08. The highest BCUT2D eigenvalue weighted by Gasteiger charge is 2.30. The summed E-state index contributed by atoms with van der Waals surface area (Å²) in [6.45, 7) is 7.32. The fraction of sp³-hybridized carbons (Fsp3) is 0.286. The van der Waals surface area contributed by atoms with Crippen molar-refractivity contribution in [1.82, 2.24) is 10.2 Å². The molecule has 158 valence electrons. The number of aryl methyl sites for hydroxylation is 3. The van der Waals surface area contributed by atoms with E-state index in [1.54, 1.807) is 19.1 Å².